The molecular weight excluding hydrogens is 312 g/mol. The number of carbonyl (C=O) groups excluding carboxylic acids is 1. The van der Waals surface area contributed by atoms with E-state index in [2.05, 4.69) is 5.32 Å². The Labute approximate surface area is 142 Å². The number of halogens is 1. The Hall–Kier alpha value is -2.20. The number of anilines is 2. The van der Waals surface area contributed by atoms with Gasteiger partial charge in [0.25, 0.3) is 5.91 Å². The predicted octanol–water partition coefficient (Wildman–Crippen LogP) is 4.20. The van der Waals surface area contributed by atoms with Crippen molar-refractivity contribution in [3.63, 3.8) is 0 Å². The second-order valence-electron chi connectivity index (χ2n) is 5.96. The first-order chi connectivity index (χ1) is 10.8. The quantitative estimate of drug-likeness (QED) is 0.892. The number of benzene rings is 2. The Kier molecular flexibility index (Phi) is 5.16. The van der Waals surface area contributed by atoms with Gasteiger partial charge in [0, 0.05) is 30.5 Å². The molecule has 4 nitrogen and oxygen atoms in total. The van der Waals surface area contributed by atoms with Crippen molar-refractivity contribution in [1.29, 1.82) is 0 Å². The molecular formula is C18H21ClN2O2. The maximum absolute atomic E-state index is 12.5. The molecule has 0 radical (unpaired) electrons. The van der Waals surface area contributed by atoms with Crippen molar-refractivity contribution in [2.24, 2.45) is 0 Å². The third-order valence-corrected chi connectivity index (χ3v) is 3.63. The van der Waals surface area contributed by atoms with Gasteiger partial charge in [-0.25, -0.2) is 0 Å². The highest BCUT2D eigenvalue weighted by Gasteiger charge is 2.30. The van der Waals surface area contributed by atoms with Crippen LogP contribution in [0.4, 0.5) is 11.4 Å². The van der Waals surface area contributed by atoms with Crippen LogP contribution in [-0.4, -0.2) is 25.6 Å². The van der Waals surface area contributed by atoms with Crippen molar-refractivity contribution >= 4 is 28.9 Å². The molecule has 2 aromatic carbocycles. The fraction of sp³-hybridized carbons (Fsp3) is 0.278. The molecule has 0 heterocycles. The van der Waals surface area contributed by atoms with Crippen molar-refractivity contribution < 1.29 is 9.53 Å². The second kappa shape index (κ2) is 6.92. The van der Waals surface area contributed by atoms with E-state index >= 15 is 0 Å². The predicted molar refractivity (Wildman–Crippen MR) is 95.6 cm³/mol. The van der Waals surface area contributed by atoms with Gasteiger partial charge in [-0.1, -0.05) is 11.6 Å². The summed E-state index contributed by atoms with van der Waals surface area (Å²) in [5, 5.41) is 3.50. The first-order valence-corrected chi connectivity index (χ1v) is 7.69. The first-order valence-electron chi connectivity index (χ1n) is 7.31. The number of ether oxygens (including phenoxy) is 1. The molecule has 0 unspecified atom stereocenters. The zero-order valence-electron chi connectivity index (χ0n) is 13.8. The molecule has 0 bridgehead atoms. The smallest absolute Gasteiger partial charge is 0.267 e. The van der Waals surface area contributed by atoms with Crippen LogP contribution in [0.25, 0.3) is 0 Å². The van der Waals surface area contributed by atoms with Gasteiger partial charge >= 0.3 is 0 Å². The van der Waals surface area contributed by atoms with Crippen LogP contribution in [0, 0.1) is 0 Å². The van der Waals surface area contributed by atoms with E-state index in [1.807, 2.05) is 43.3 Å². The molecule has 5 heteroatoms. The summed E-state index contributed by atoms with van der Waals surface area (Å²) in [4.78, 5) is 14.5. The number of rotatable bonds is 5. The standard InChI is InChI=1S/C18H21ClN2O2/c1-18(2,23-16-11-5-13(19)6-12-16)17(22)20-14-7-9-15(10-8-14)21(3)4/h5-12H,1-4H3,(H,20,22). The lowest BCUT2D eigenvalue weighted by Crippen LogP contribution is -2.42. The number of nitrogens with one attached hydrogen (secondary N) is 1. The summed E-state index contributed by atoms with van der Waals surface area (Å²) in [5.41, 5.74) is 0.793. The minimum atomic E-state index is -1.01. The number of carbonyl (C=O) groups is 1. The van der Waals surface area contributed by atoms with Crippen molar-refractivity contribution in [2.75, 3.05) is 24.3 Å². The lowest BCUT2D eigenvalue weighted by molar-refractivity contribution is -0.128. The maximum Gasteiger partial charge on any atom is 0.267 e. The van der Waals surface area contributed by atoms with Crippen LogP contribution in [0.3, 0.4) is 0 Å². The molecule has 23 heavy (non-hydrogen) atoms. The molecule has 0 fully saturated rings. The monoisotopic (exact) mass is 332 g/mol. The normalized spacial score (nSPS) is 11.0. The second-order valence-corrected chi connectivity index (χ2v) is 6.40. The van der Waals surface area contributed by atoms with Crippen LogP contribution in [0.5, 0.6) is 5.75 Å². The van der Waals surface area contributed by atoms with Crippen LogP contribution >= 0.6 is 11.6 Å². The molecule has 0 aliphatic heterocycles. The van der Waals surface area contributed by atoms with E-state index in [0.29, 0.717) is 10.8 Å². The number of nitrogens with zero attached hydrogens (tertiary/aromatic N) is 1. The Morgan fingerprint density at radius 2 is 1.61 bits per heavy atom. The van der Waals surface area contributed by atoms with E-state index in [4.69, 9.17) is 16.3 Å². The summed E-state index contributed by atoms with van der Waals surface area (Å²) in [6, 6.07) is 14.6. The highest BCUT2D eigenvalue weighted by Crippen LogP contribution is 2.23. The van der Waals surface area contributed by atoms with Crippen LogP contribution in [0.15, 0.2) is 48.5 Å². The summed E-state index contributed by atoms with van der Waals surface area (Å²) >= 11 is 5.85. The van der Waals surface area contributed by atoms with E-state index < -0.39 is 5.60 Å². The Morgan fingerprint density at radius 3 is 2.13 bits per heavy atom. The lowest BCUT2D eigenvalue weighted by atomic mass is 10.1. The highest BCUT2D eigenvalue weighted by atomic mass is 35.5. The summed E-state index contributed by atoms with van der Waals surface area (Å²) in [6.45, 7) is 3.45. The van der Waals surface area contributed by atoms with Crippen molar-refractivity contribution in [2.45, 2.75) is 19.4 Å². The van der Waals surface area contributed by atoms with Gasteiger partial charge in [-0.3, -0.25) is 4.79 Å². The van der Waals surface area contributed by atoms with Gasteiger partial charge in [0.05, 0.1) is 0 Å². The fourth-order valence-electron chi connectivity index (χ4n) is 1.97. The Morgan fingerprint density at radius 1 is 1.04 bits per heavy atom. The molecule has 0 saturated heterocycles. The third-order valence-electron chi connectivity index (χ3n) is 3.38. The van der Waals surface area contributed by atoms with Crippen LogP contribution in [0.2, 0.25) is 5.02 Å². The van der Waals surface area contributed by atoms with Crippen molar-refractivity contribution in [3.05, 3.63) is 53.6 Å². The van der Waals surface area contributed by atoms with Gasteiger partial charge in [0.15, 0.2) is 5.60 Å². The average molecular weight is 333 g/mol. The van der Waals surface area contributed by atoms with Gasteiger partial charge in [-0.15, -0.1) is 0 Å². The zero-order chi connectivity index (χ0) is 17.0. The Bertz CT molecular complexity index is 664. The van der Waals surface area contributed by atoms with Crippen molar-refractivity contribution in [1.82, 2.24) is 0 Å². The van der Waals surface area contributed by atoms with Crippen LogP contribution < -0.4 is 15.0 Å². The summed E-state index contributed by atoms with van der Waals surface area (Å²) in [7, 11) is 3.94. The van der Waals surface area contributed by atoms with E-state index in [1.54, 1.807) is 38.1 Å². The molecule has 0 spiro atoms. The third kappa shape index (κ3) is 4.63. The van der Waals surface area contributed by atoms with Crippen molar-refractivity contribution in [3.8, 4) is 5.75 Å². The van der Waals surface area contributed by atoms with E-state index in [0.717, 1.165) is 11.4 Å². The molecule has 0 atom stereocenters. The first kappa shape index (κ1) is 17.2. The summed E-state index contributed by atoms with van der Waals surface area (Å²) < 4.78 is 5.77. The molecule has 0 aliphatic carbocycles. The van der Waals surface area contributed by atoms with Crippen LogP contribution in [-0.2, 0) is 4.79 Å². The topological polar surface area (TPSA) is 41.6 Å². The molecule has 0 aliphatic rings. The fourth-order valence-corrected chi connectivity index (χ4v) is 2.09. The maximum atomic E-state index is 12.5. The summed E-state index contributed by atoms with van der Waals surface area (Å²) in [6.07, 6.45) is 0. The number of hydrogen-bond donors (Lipinski definition) is 1. The number of hydrogen-bond acceptors (Lipinski definition) is 3. The Balaban J connectivity index is 2.04. The molecule has 1 N–H and O–H groups in total. The van der Waals surface area contributed by atoms with Crippen LogP contribution in [0.1, 0.15) is 13.8 Å². The zero-order valence-corrected chi connectivity index (χ0v) is 14.5. The molecule has 122 valence electrons. The highest BCUT2D eigenvalue weighted by molar-refractivity contribution is 6.30. The minimum absolute atomic E-state index is 0.218. The summed E-state index contributed by atoms with van der Waals surface area (Å²) in [5.74, 6) is 0.377. The molecule has 0 saturated carbocycles. The van der Waals surface area contributed by atoms with Gasteiger partial charge in [-0.2, -0.15) is 0 Å². The van der Waals surface area contributed by atoms with Gasteiger partial charge in [0.1, 0.15) is 5.75 Å². The van der Waals surface area contributed by atoms with Gasteiger partial charge in [-0.05, 0) is 62.4 Å². The lowest BCUT2D eigenvalue weighted by Gasteiger charge is -2.25. The molecule has 2 rings (SSSR count). The van der Waals surface area contributed by atoms with E-state index in [-0.39, 0.29) is 5.91 Å². The number of amides is 1. The molecule has 0 aromatic heterocycles. The molecule has 2 aromatic rings. The van der Waals surface area contributed by atoms with Gasteiger partial charge in [0.2, 0.25) is 0 Å². The van der Waals surface area contributed by atoms with E-state index in [1.165, 1.54) is 0 Å². The largest absolute Gasteiger partial charge is 0.478 e. The molecule has 1 amide bonds. The van der Waals surface area contributed by atoms with Gasteiger partial charge < -0.3 is 15.0 Å². The average Bonchev–Trinajstić information content (AvgIpc) is 2.50. The SMILES string of the molecule is CN(C)c1ccc(NC(=O)C(C)(C)Oc2ccc(Cl)cc2)cc1. The van der Waals surface area contributed by atoms with E-state index in [9.17, 15) is 4.79 Å². The minimum Gasteiger partial charge on any atom is -0.478 e.